The minimum Gasteiger partial charge on any atom is -0.496 e. The third kappa shape index (κ3) is 4.49. The van der Waals surface area contributed by atoms with Crippen molar-refractivity contribution in [1.29, 1.82) is 0 Å². The zero-order valence-corrected chi connectivity index (χ0v) is 16.4. The van der Waals surface area contributed by atoms with Crippen LogP contribution in [0.15, 0.2) is 59.8 Å². The molecule has 0 saturated carbocycles. The first-order valence-corrected chi connectivity index (χ1v) is 9.58. The summed E-state index contributed by atoms with van der Waals surface area (Å²) in [5.41, 5.74) is 1.94. The summed E-state index contributed by atoms with van der Waals surface area (Å²) in [5.74, 6) is 1.67. The van der Waals surface area contributed by atoms with Crippen LogP contribution in [0.2, 0.25) is 0 Å². The van der Waals surface area contributed by atoms with Gasteiger partial charge in [-0.1, -0.05) is 54.2 Å². The molecule has 1 heterocycles. The van der Waals surface area contributed by atoms with Crippen molar-refractivity contribution in [1.82, 2.24) is 20.1 Å². The predicted molar refractivity (Wildman–Crippen MR) is 107 cm³/mol. The van der Waals surface area contributed by atoms with Crippen LogP contribution in [-0.4, -0.2) is 33.5 Å². The normalized spacial score (nSPS) is 11.8. The van der Waals surface area contributed by atoms with Gasteiger partial charge in [-0.2, -0.15) is 0 Å². The van der Waals surface area contributed by atoms with Gasteiger partial charge in [-0.25, -0.2) is 0 Å². The van der Waals surface area contributed by atoms with Crippen molar-refractivity contribution in [2.24, 2.45) is 7.05 Å². The van der Waals surface area contributed by atoms with E-state index in [-0.39, 0.29) is 17.7 Å². The lowest BCUT2D eigenvalue weighted by molar-refractivity contribution is -0.119. The van der Waals surface area contributed by atoms with E-state index < -0.39 is 0 Å². The lowest BCUT2D eigenvalue weighted by Gasteiger charge is -2.14. The number of hydrogen-bond donors (Lipinski definition) is 1. The molecule has 2 aromatic carbocycles. The number of benzene rings is 2. The van der Waals surface area contributed by atoms with Gasteiger partial charge < -0.3 is 14.6 Å². The maximum absolute atomic E-state index is 12.3. The highest BCUT2D eigenvalue weighted by Crippen LogP contribution is 2.29. The molecule has 0 saturated heterocycles. The van der Waals surface area contributed by atoms with Gasteiger partial charge in [0.25, 0.3) is 0 Å². The van der Waals surface area contributed by atoms with Crippen LogP contribution >= 0.6 is 11.8 Å². The number of hydrogen-bond acceptors (Lipinski definition) is 5. The molecule has 0 unspecified atom stereocenters. The summed E-state index contributed by atoms with van der Waals surface area (Å²) < 4.78 is 7.27. The highest BCUT2D eigenvalue weighted by Gasteiger charge is 2.16. The number of carbonyl (C=O) groups excluding carboxylic acids is 1. The van der Waals surface area contributed by atoms with Crippen LogP contribution in [0.5, 0.6) is 5.75 Å². The average molecular weight is 382 g/mol. The Morgan fingerprint density at radius 2 is 1.85 bits per heavy atom. The van der Waals surface area contributed by atoms with Crippen LogP contribution in [0.25, 0.3) is 11.4 Å². The maximum Gasteiger partial charge on any atom is 0.230 e. The molecular weight excluding hydrogens is 360 g/mol. The summed E-state index contributed by atoms with van der Waals surface area (Å²) in [6.45, 7) is 1.97. The fourth-order valence-corrected chi connectivity index (χ4v) is 3.46. The van der Waals surface area contributed by atoms with Gasteiger partial charge in [0.1, 0.15) is 5.75 Å². The number of ether oxygens (including phenoxy) is 1. The zero-order valence-electron chi connectivity index (χ0n) is 15.5. The molecule has 27 heavy (non-hydrogen) atoms. The second kappa shape index (κ2) is 8.73. The summed E-state index contributed by atoms with van der Waals surface area (Å²) in [4.78, 5) is 12.3. The van der Waals surface area contributed by atoms with Gasteiger partial charge >= 0.3 is 0 Å². The average Bonchev–Trinajstić information content (AvgIpc) is 3.07. The van der Waals surface area contributed by atoms with Crippen LogP contribution in [-0.2, 0) is 11.8 Å². The molecule has 0 radical (unpaired) electrons. The Kier molecular flexibility index (Phi) is 6.13. The van der Waals surface area contributed by atoms with Crippen LogP contribution < -0.4 is 10.1 Å². The third-order valence-corrected chi connectivity index (χ3v) is 5.21. The summed E-state index contributed by atoms with van der Waals surface area (Å²) in [6.07, 6.45) is 0. The first-order chi connectivity index (χ1) is 13.1. The molecule has 1 amide bonds. The Bertz CT molecular complexity index is 911. The van der Waals surface area contributed by atoms with Gasteiger partial charge in [-0.05, 0) is 24.6 Å². The Hall–Kier alpha value is -2.80. The van der Waals surface area contributed by atoms with E-state index in [2.05, 4.69) is 15.5 Å². The van der Waals surface area contributed by atoms with Gasteiger partial charge in [-0.15, -0.1) is 10.2 Å². The van der Waals surface area contributed by atoms with Gasteiger partial charge in [0, 0.05) is 7.05 Å². The Balaban J connectivity index is 1.64. The number of carbonyl (C=O) groups is 1. The first kappa shape index (κ1) is 19.0. The fourth-order valence-electron chi connectivity index (χ4n) is 2.74. The minimum atomic E-state index is -0.0433. The van der Waals surface area contributed by atoms with E-state index in [0.29, 0.717) is 11.0 Å². The lowest BCUT2D eigenvalue weighted by Crippen LogP contribution is -2.28. The van der Waals surface area contributed by atoms with Gasteiger partial charge in [-0.3, -0.25) is 4.79 Å². The van der Waals surface area contributed by atoms with Crippen molar-refractivity contribution in [2.75, 3.05) is 12.9 Å². The van der Waals surface area contributed by atoms with Crippen molar-refractivity contribution in [2.45, 2.75) is 18.1 Å². The monoisotopic (exact) mass is 382 g/mol. The number of amides is 1. The molecule has 0 aliphatic rings. The van der Waals surface area contributed by atoms with Crippen molar-refractivity contribution in [3.8, 4) is 17.1 Å². The summed E-state index contributed by atoms with van der Waals surface area (Å²) in [5, 5.41) is 12.2. The van der Waals surface area contributed by atoms with Crippen LogP contribution in [0.4, 0.5) is 0 Å². The SMILES string of the molecule is COc1ccccc1-c1nnc(SCC(=O)N[C@@H](C)c2ccccc2)n1C. The van der Waals surface area contributed by atoms with Gasteiger partial charge in [0.05, 0.1) is 24.5 Å². The number of rotatable bonds is 7. The zero-order chi connectivity index (χ0) is 19.2. The third-order valence-electron chi connectivity index (χ3n) is 4.19. The van der Waals surface area contributed by atoms with E-state index in [0.717, 1.165) is 16.9 Å². The molecule has 1 N–H and O–H groups in total. The second-order valence-electron chi connectivity index (χ2n) is 6.05. The van der Waals surface area contributed by atoms with Crippen LogP contribution in [0, 0.1) is 0 Å². The highest BCUT2D eigenvalue weighted by atomic mass is 32.2. The Labute approximate surface area is 163 Å². The predicted octanol–water partition coefficient (Wildman–Crippen LogP) is 3.46. The fraction of sp³-hybridized carbons (Fsp3) is 0.250. The molecule has 0 aliphatic heterocycles. The molecule has 0 spiro atoms. The molecule has 0 bridgehead atoms. The van der Waals surface area contributed by atoms with E-state index in [1.807, 2.05) is 73.1 Å². The van der Waals surface area contributed by atoms with E-state index in [1.54, 1.807) is 7.11 Å². The number of nitrogens with one attached hydrogen (secondary N) is 1. The van der Waals surface area contributed by atoms with Crippen LogP contribution in [0.3, 0.4) is 0 Å². The number of thioether (sulfide) groups is 1. The van der Waals surface area contributed by atoms with Crippen LogP contribution in [0.1, 0.15) is 18.5 Å². The van der Waals surface area contributed by atoms with E-state index in [1.165, 1.54) is 11.8 Å². The maximum atomic E-state index is 12.3. The Morgan fingerprint density at radius 3 is 2.59 bits per heavy atom. The van der Waals surface area contributed by atoms with Gasteiger partial charge in [0.2, 0.25) is 5.91 Å². The van der Waals surface area contributed by atoms with Gasteiger partial charge in [0.15, 0.2) is 11.0 Å². The molecule has 140 valence electrons. The van der Waals surface area contributed by atoms with E-state index >= 15 is 0 Å². The van der Waals surface area contributed by atoms with Crippen molar-refractivity contribution in [3.05, 3.63) is 60.2 Å². The molecule has 3 aromatic rings. The van der Waals surface area contributed by atoms with Crippen molar-refractivity contribution < 1.29 is 9.53 Å². The number of aromatic nitrogens is 3. The number of para-hydroxylation sites is 1. The first-order valence-electron chi connectivity index (χ1n) is 8.60. The molecular formula is C20H22N4O2S. The second-order valence-corrected chi connectivity index (χ2v) is 7.00. The molecule has 0 fully saturated rings. The number of methoxy groups -OCH3 is 1. The Morgan fingerprint density at radius 1 is 1.15 bits per heavy atom. The molecule has 7 heteroatoms. The number of nitrogens with zero attached hydrogens (tertiary/aromatic N) is 3. The minimum absolute atomic E-state index is 0.0389. The molecule has 1 atom stereocenters. The standard InChI is InChI=1S/C20H22N4O2S/c1-14(15-9-5-4-6-10-15)21-18(25)13-27-20-23-22-19(24(20)2)16-11-7-8-12-17(16)26-3/h4-12,14H,13H2,1-3H3,(H,21,25)/t14-/m0/s1. The quantitative estimate of drug-likeness (QED) is 0.634. The highest BCUT2D eigenvalue weighted by molar-refractivity contribution is 7.99. The van der Waals surface area contributed by atoms with E-state index in [4.69, 9.17) is 4.74 Å². The van der Waals surface area contributed by atoms with Crippen molar-refractivity contribution >= 4 is 17.7 Å². The lowest BCUT2D eigenvalue weighted by atomic mass is 10.1. The largest absolute Gasteiger partial charge is 0.496 e. The summed E-state index contributed by atoms with van der Waals surface area (Å²) >= 11 is 1.36. The molecule has 1 aromatic heterocycles. The smallest absolute Gasteiger partial charge is 0.230 e. The summed E-state index contributed by atoms with van der Waals surface area (Å²) in [6, 6.07) is 17.5. The van der Waals surface area contributed by atoms with E-state index in [9.17, 15) is 4.79 Å². The molecule has 0 aliphatic carbocycles. The topological polar surface area (TPSA) is 69.0 Å². The molecule has 6 nitrogen and oxygen atoms in total. The van der Waals surface area contributed by atoms with Crippen molar-refractivity contribution in [3.63, 3.8) is 0 Å². The summed E-state index contributed by atoms with van der Waals surface area (Å²) in [7, 11) is 3.51. The molecule has 3 rings (SSSR count).